The maximum atomic E-state index is 14.8. The smallest absolute Gasteiger partial charge is 0.416 e. The van der Waals surface area contributed by atoms with Gasteiger partial charge in [0.15, 0.2) is 9.84 Å². The molecule has 3 heterocycles. The zero-order chi connectivity index (χ0) is 35.7. The second kappa shape index (κ2) is 14.3. The molecule has 6 rings (SSSR count). The number of methoxy groups -OCH3 is 1. The van der Waals surface area contributed by atoms with Crippen LogP contribution in [0.25, 0.3) is 22.2 Å². The van der Waals surface area contributed by atoms with E-state index < -0.39 is 33.5 Å². The maximum Gasteiger partial charge on any atom is 0.416 e. The molecule has 2 fully saturated rings. The Balaban J connectivity index is 1.67. The van der Waals surface area contributed by atoms with Crippen molar-refractivity contribution in [2.45, 2.75) is 68.7 Å². The summed E-state index contributed by atoms with van der Waals surface area (Å²) in [4.78, 5) is 19.7. The molecule has 50 heavy (non-hydrogen) atoms. The highest BCUT2D eigenvalue weighted by Gasteiger charge is 2.41. The van der Waals surface area contributed by atoms with Gasteiger partial charge in [-0.3, -0.25) is 4.79 Å². The fourth-order valence-corrected chi connectivity index (χ4v) is 8.65. The van der Waals surface area contributed by atoms with E-state index in [0.717, 1.165) is 82.2 Å². The third-order valence-corrected chi connectivity index (χ3v) is 11.5. The second-order valence-electron chi connectivity index (χ2n) is 13.7. The predicted octanol–water partition coefficient (Wildman–Crippen LogP) is 7.08. The molecule has 0 aliphatic carbocycles. The van der Waals surface area contributed by atoms with Gasteiger partial charge in [0.05, 0.1) is 54.6 Å². The lowest BCUT2D eigenvalue weighted by molar-refractivity contribution is -0.968. The van der Waals surface area contributed by atoms with Crippen molar-refractivity contribution < 1.29 is 35.6 Å². The SMILES string of the molecule is COc1cc2nc(-c3cccc(C(F)(F)F)c3)c(C[N+]3(C4CCNCC4)CCCCC3)c(C(=O)N[C@@H](C)c3ccccc3)c2cc1S(C)(=O)=O. The first kappa shape index (κ1) is 35.8. The Labute approximate surface area is 291 Å². The number of sulfone groups is 1. The number of aromatic nitrogens is 1. The van der Waals surface area contributed by atoms with Crippen LogP contribution in [-0.4, -0.2) is 69.4 Å². The van der Waals surface area contributed by atoms with Gasteiger partial charge in [-0.1, -0.05) is 42.5 Å². The van der Waals surface area contributed by atoms with Crippen molar-refractivity contribution in [1.82, 2.24) is 15.6 Å². The lowest BCUT2D eigenvalue weighted by Gasteiger charge is -2.49. The Morgan fingerprint density at radius 3 is 2.36 bits per heavy atom. The van der Waals surface area contributed by atoms with Crippen LogP contribution in [0, 0.1) is 0 Å². The minimum absolute atomic E-state index is 0.0356. The molecule has 0 spiro atoms. The fraction of sp³-hybridized carbons (Fsp3) is 0.421. The first-order valence-corrected chi connectivity index (χ1v) is 19.0. The molecule has 12 heteroatoms. The molecule has 0 unspecified atom stereocenters. The zero-order valence-electron chi connectivity index (χ0n) is 28.6. The quantitative estimate of drug-likeness (QED) is 0.181. The monoisotopic (exact) mass is 709 g/mol. The summed E-state index contributed by atoms with van der Waals surface area (Å²) in [6.07, 6.45) is 1.41. The summed E-state index contributed by atoms with van der Waals surface area (Å²) in [6, 6.07) is 17.3. The van der Waals surface area contributed by atoms with E-state index in [1.54, 1.807) is 6.07 Å². The van der Waals surface area contributed by atoms with Gasteiger partial charge in [0.1, 0.15) is 17.2 Å². The molecule has 4 aromatic rings. The van der Waals surface area contributed by atoms with Crippen molar-refractivity contribution in [3.8, 4) is 17.0 Å². The molecule has 266 valence electrons. The van der Waals surface area contributed by atoms with Gasteiger partial charge in [0.25, 0.3) is 5.91 Å². The van der Waals surface area contributed by atoms with Crippen LogP contribution < -0.4 is 15.4 Å². The van der Waals surface area contributed by atoms with Crippen molar-refractivity contribution in [3.05, 3.63) is 89.0 Å². The van der Waals surface area contributed by atoms with Crippen molar-refractivity contribution in [2.75, 3.05) is 39.5 Å². The first-order chi connectivity index (χ1) is 23.8. The molecule has 2 saturated heterocycles. The standard InChI is InChI=1S/C38H43F3N4O4S/c1-25(26-11-6-4-7-12-26)43-37(46)35-30-22-34(50(3,47)48)33(49-2)23-32(30)44-36(27-13-10-14-28(21-27)38(39,40)41)31(35)24-45(19-8-5-9-20-45)29-15-17-42-18-16-29/h4,6-7,10-14,21-23,25,29,42H,5,8-9,15-20,24H2,1-3H3/p+1/t25-/m0/s1. The van der Waals surface area contributed by atoms with Gasteiger partial charge in [0.2, 0.25) is 0 Å². The van der Waals surface area contributed by atoms with Crippen LogP contribution >= 0.6 is 0 Å². The van der Waals surface area contributed by atoms with Gasteiger partial charge in [-0.2, -0.15) is 13.2 Å². The Morgan fingerprint density at radius 2 is 1.72 bits per heavy atom. The Morgan fingerprint density at radius 1 is 1.02 bits per heavy atom. The van der Waals surface area contributed by atoms with Gasteiger partial charge in [-0.25, -0.2) is 13.4 Å². The summed E-state index contributed by atoms with van der Waals surface area (Å²) >= 11 is 0. The number of ether oxygens (including phenoxy) is 1. The number of alkyl halides is 3. The molecular formula is C38H44F3N4O4S+. The maximum absolute atomic E-state index is 14.8. The average Bonchev–Trinajstić information content (AvgIpc) is 3.11. The zero-order valence-corrected chi connectivity index (χ0v) is 29.5. The molecular weight excluding hydrogens is 666 g/mol. The van der Waals surface area contributed by atoms with Crippen LogP contribution in [0.3, 0.4) is 0 Å². The average molecular weight is 710 g/mol. The predicted molar refractivity (Wildman–Crippen MR) is 188 cm³/mol. The number of quaternary nitrogens is 1. The number of halogens is 3. The van der Waals surface area contributed by atoms with Crippen molar-refractivity contribution in [1.29, 1.82) is 0 Å². The topological polar surface area (TPSA) is 97.4 Å². The van der Waals surface area contributed by atoms with Gasteiger partial charge in [-0.05, 0) is 49.9 Å². The van der Waals surface area contributed by atoms with E-state index in [1.807, 2.05) is 37.3 Å². The Bertz CT molecular complexity index is 1970. The van der Waals surface area contributed by atoms with Crippen molar-refractivity contribution in [2.24, 2.45) is 0 Å². The Kier molecular flexibility index (Phi) is 10.3. The minimum atomic E-state index is -4.60. The number of carbonyl (C=O) groups is 1. The van der Waals surface area contributed by atoms with Crippen LogP contribution in [0.1, 0.15) is 72.1 Å². The molecule has 2 aliphatic heterocycles. The van der Waals surface area contributed by atoms with Crippen molar-refractivity contribution >= 4 is 26.6 Å². The molecule has 8 nitrogen and oxygen atoms in total. The van der Waals surface area contributed by atoms with Crippen LogP contribution in [-0.2, 0) is 22.6 Å². The van der Waals surface area contributed by atoms with E-state index >= 15 is 0 Å². The number of nitrogens with zero attached hydrogens (tertiary/aromatic N) is 2. The number of fused-ring (bicyclic) bond motifs is 1. The number of likely N-dealkylation sites (tertiary alicyclic amines) is 1. The normalized spacial score (nSPS) is 17.7. The molecule has 1 aromatic heterocycles. The third kappa shape index (κ3) is 7.38. The number of hydrogen-bond donors (Lipinski definition) is 2. The molecule has 1 amide bonds. The number of benzene rings is 3. The van der Waals surface area contributed by atoms with Crippen LogP contribution in [0.15, 0.2) is 71.6 Å². The summed E-state index contributed by atoms with van der Waals surface area (Å²) in [5.41, 5.74) is 1.52. The van der Waals surface area contributed by atoms with E-state index in [9.17, 15) is 26.4 Å². The highest BCUT2D eigenvalue weighted by atomic mass is 32.2. The number of pyridine rings is 1. The van der Waals surface area contributed by atoms with E-state index in [-0.39, 0.29) is 39.0 Å². The van der Waals surface area contributed by atoms with Gasteiger partial charge >= 0.3 is 6.18 Å². The number of hydrogen-bond acceptors (Lipinski definition) is 6. The van der Waals surface area contributed by atoms with Gasteiger partial charge in [-0.15, -0.1) is 0 Å². The van der Waals surface area contributed by atoms with E-state index in [4.69, 9.17) is 9.72 Å². The first-order valence-electron chi connectivity index (χ1n) is 17.2. The minimum Gasteiger partial charge on any atom is -0.495 e. The number of rotatable bonds is 9. The van der Waals surface area contributed by atoms with Crippen LogP contribution in [0.4, 0.5) is 13.2 Å². The lowest BCUT2D eigenvalue weighted by atomic mass is 9.90. The largest absolute Gasteiger partial charge is 0.495 e. The van der Waals surface area contributed by atoms with E-state index in [2.05, 4.69) is 10.6 Å². The highest BCUT2D eigenvalue weighted by Crippen LogP contribution is 2.41. The number of carbonyl (C=O) groups excluding carboxylic acids is 1. The molecule has 0 radical (unpaired) electrons. The summed E-state index contributed by atoms with van der Waals surface area (Å²) < 4.78 is 74.6. The van der Waals surface area contributed by atoms with Crippen molar-refractivity contribution in [3.63, 3.8) is 0 Å². The molecule has 0 bridgehead atoms. The van der Waals surface area contributed by atoms with Crippen LogP contribution in [0.2, 0.25) is 0 Å². The third-order valence-electron chi connectivity index (χ3n) is 10.4. The van der Waals surface area contributed by atoms with Crippen LogP contribution in [0.5, 0.6) is 5.75 Å². The highest BCUT2D eigenvalue weighted by molar-refractivity contribution is 7.90. The fourth-order valence-electron chi connectivity index (χ4n) is 7.81. The van der Waals surface area contributed by atoms with Gasteiger partial charge < -0.3 is 19.9 Å². The van der Waals surface area contributed by atoms with E-state index in [1.165, 1.54) is 25.3 Å². The number of amides is 1. The molecule has 2 aliphatic rings. The van der Waals surface area contributed by atoms with E-state index in [0.29, 0.717) is 22.0 Å². The second-order valence-corrected chi connectivity index (χ2v) is 15.6. The number of piperidine rings is 2. The summed E-state index contributed by atoms with van der Waals surface area (Å²) in [7, 11) is -2.48. The van der Waals surface area contributed by atoms with Gasteiger partial charge in [0, 0.05) is 54.8 Å². The molecule has 3 aromatic carbocycles. The molecule has 0 saturated carbocycles. The summed E-state index contributed by atoms with van der Waals surface area (Å²) in [5, 5.41) is 6.89. The lowest BCUT2D eigenvalue weighted by Crippen LogP contribution is -2.60. The summed E-state index contributed by atoms with van der Waals surface area (Å²) in [6.45, 7) is 5.68. The summed E-state index contributed by atoms with van der Waals surface area (Å²) in [5.74, 6) is -0.421. The number of nitrogens with one attached hydrogen (secondary N) is 2. The Hall–Kier alpha value is -4.00. The molecule has 1 atom stereocenters. The molecule has 2 N–H and O–H groups in total.